The van der Waals surface area contributed by atoms with Crippen molar-refractivity contribution in [1.82, 2.24) is 9.88 Å². The highest BCUT2D eigenvalue weighted by molar-refractivity contribution is 8.00. The molecule has 14 heteroatoms. The number of benzene rings is 2. The Morgan fingerprint density at radius 2 is 1.73 bits per heavy atom. The molecule has 0 atom stereocenters. The number of nitrogens with zero attached hydrogens (tertiary/aromatic N) is 5. The molecule has 0 bridgehead atoms. The number of fused-ring (bicyclic) bond motifs is 1. The molecule has 212 valence electrons. The van der Waals surface area contributed by atoms with Crippen LogP contribution in [-0.4, -0.2) is 73.3 Å². The Hall–Kier alpha value is -3.57. The van der Waals surface area contributed by atoms with E-state index in [1.807, 2.05) is 9.80 Å². The van der Waals surface area contributed by atoms with Crippen LogP contribution in [0.2, 0.25) is 0 Å². The van der Waals surface area contributed by atoms with Gasteiger partial charge in [0.2, 0.25) is 5.91 Å². The average molecular weight is 582 g/mol. The van der Waals surface area contributed by atoms with Crippen LogP contribution in [0.25, 0.3) is 11.1 Å². The maximum Gasteiger partial charge on any atom is 0.446 e. The lowest BCUT2D eigenvalue weighted by Crippen LogP contribution is -2.50. The van der Waals surface area contributed by atoms with Crippen LogP contribution in [0.5, 0.6) is 0 Å². The van der Waals surface area contributed by atoms with Crippen molar-refractivity contribution >= 4 is 40.5 Å². The lowest BCUT2D eigenvalue weighted by molar-refractivity contribution is -0.138. The highest BCUT2D eigenvalue weighted by Gasteiger charge is 2.30. The first-order valence-electron chi connectivity index (χ1n) is 12.5. The molecule has 2 saturated heterocycles. The van der Waals surface area contributed by atoms with E-state index < -0.39 is 22.7 Å². The number of carbonyl (C=O) groups is 1. The third-order valence-corrected chi connectivity index (χ3v) is 7.59. The summed E-state index contributed by atoms with van der Waals surface area (Å²) in [6.07, 6.45) is 0.978. The van der Waals surface area contributed by atoms with Crippen molar-refractivity contribution in [2.24, 2.45) is 0 Å². The Labute approximate surface area is 230 Å². The normalized spacial score (nSPS) is 16.9. The van der Waals surface area contributed by atoms with Crippen molar-refractivity contribution in [3.63, 3.8) is 0 Å². The number of piperazine rings is 1. The lowest BCUT2D eigenvalue weighted by Gasteiger charge is -2.35. The molecular weight excluding hydrogens is 557 g/mol. The minimum atomic E-state index is -4.39. The van der Waals surface area contributed by atoms with Gasteiger partial charge in [0.1, 0.15) is 35.4 Å². The van der Waals surface area contributed by atoms with E-state index in [-0.39, 0.29) is 35.3 Å². The Morgan fingerprint density at radius 1 is 1.05 bits per heavy atom. The Bertz CT molecular complexity index is 1400. The molecule has 0 aliphatic carbocycles. The number of halogens is 5. The summed E-state index contributed by atoms with van der Waals surface area (Å²) in [6.45, 7) is 2.59. The van der Waals surface area contributed by atoms with Crippen LogP contribution >= 0.6 is 11.8 Å². The van der Waals surface area contributed by atoms with E-state index in [2.05, 4.69) is 4.98 Å². The van der Waals surface area contributed by atoms with Crippen LogP contribution in [0.15, 0.2) is 39.6 Å². The molecule has 3 heterocycles. The highest BCUT2D eigenvalue weighted by atomic mass is 32.2. The summed E-state index contributed by atoms with van der Waals surface area (Å²) in [6, 6.07) is 8.24. The van der Waals surface area contributed by atoms with Gasteiger partial charge in [-0.1, -0.05) is 0 Å². The van der Waals surface area contributed by atoms with Gasteiger partial charge >= 0.3 is 5.51 Å². The number of anilines is 2. The number of alkyl halides is 3. The van der Waals surface area contributed by atoms with Gasteiger partial charge < -0.3 is 23.9 Å². The minimum absolute atomic E-state index is 0.0259. The van der Waals surface area contributed by atoms with Crippen molar-refractivity contribution in [3.05, 3.63) is 47.5 Å². The van der Waals surface area contributed by atoms with Gasteiger partial charge in [0.05, 0.1) is 6.10 Å². The molecule has 8 nitrogen and oxygen atoms in total. The number of rotatable bonds is 6. The van der Waals surface area contributed by atoms with Gasteiger partial charge in [0.25, 0.3) is 6.01 Å². The van der Waals surface area contributed by atoms with Gasteiger partial charge in [-0.15, -0.1) is 0 Å². The molecule has 40 heavy (non-hydrogen) atoms. The van der Waals surface area contributed by atoms with Crippen molar-refractivity contribution in [1.29, 1.82) is 5.26 Å². The third kappa shape index (κ3) is 6.42. The zero-order valence-corrected chi connectivity index (χ0v) is 21.9. The Balaban J connectivity index is 1.07. The average Bonchev–Trinajstić information content (AvgIpc) is 3.34. The molecule has 2 aliphatic rings. The van der Waals surface area contributed by atoms with E-state index >= 15 is 0 Å². The summed E-state index contributed by atoms with van der Waals surface area (Å²) >= 11 is -0.211. The highest BCUT2D eigenvalue weighted by Crippen LogP contribution is 2.38. The first-order valence-corrected chi connectivity index (χ1v) is 13.4. The fraction of sp³-hybridized carbons (Fsp3) is 0.423. The largest absolute Gasteiger partial charge is 0.446 e. The van der Waals surface area contributed by atoms with Crippen molar-refractivity contribution < 1.29 is 35.9 Å². The van der Waals surface area contributed by atoms with Crippen LogP contribution in [0.3, 0.4) is 0 Å². The number of hydrogen-bond acceptors (Lipinski definition) is 8. The predicted octanol–water partition coefficient (Wildman–Crippen LogP) is 4.92. The van der Waals surface area contributed by atoms with E-state index in [4.69, 9.17) is 14.4 Å². The number of thioether (sulfide) groups is 1. The number of amides is 1. The minimum Gasteiger partial charge on any atom is -0.423 e. The molecule has 0 unspecified atom stereocenters. The smallest absolute Gasteiger partial charge is 0.423 e. The van der Waals surface area contributed by atoms with Crippen molar-refractivity contribution in [2.45, 2.75) is 29.3 Å². The first kappa shape index (κ1) is 28.0. The van der Waals surface area contributed by atoms with Crippen molar-refractivity contribution in [2.75, 3.05) is 55.7 Å². The topological polar surface area (TPSA) is 85.8 Å². The molecule has 0 spiro atoms. The second-order valence-electron chi connectivity index (χ2n) is 9.44. The molecular formula is C26H24F5N5O3S. The van der Waals surface area contributed by atoms with Crippen LogP contribution in [0, 0.1) is 23.0 Å². The molecule has 1 amide bonds. The molecule has 2 fully saturated rings. The summed E-state index contributed by atoms with van der Waals surface area (Å²) < 4.78 is 77.5. The second kappa shape index (κ2) is 11.5. The zero-order valence-electron chi connectivity index (χ0n) is 21.1. The van der Waals surface area contributed by atoms with Gasteiger partial charge in [-0.25, -0.2) is 8.78 Å². The first-order chi connectivity index (χ1) is 19.1. The SMILES string of the molecule is N#Cc1c(F)cc(N2CCC(OCC(=O)N3CCN(c4nc5cc(SC(F)(F)F)ccc5o4)CC3)CC2)cc1F. The molecule has 0 N–H and O–H groups in total. The molecule has 2 aromatic carbocycles. The summed E-state index contributed by atoms with van der Waals surface area (Å²) in [5.41, 5.74) is -3.92. The van der Waals surface area contributed by atoms with E-state index in [0.717, 1.165) is 12.1 Å². The van der Waals surface area contributed by atoms with Crippen LogP contribution in [0.4, 0.5) is 33.7 Å². The molecule has 0 saturated carbocycles. The fourth-order valence-electron chi connectivity index (χ4n) is 4.78. The molecule has 0 radical (unpaired) electrons. The quantitative estimate of drug-likeness (QED) is 0.300. The van der Waals surface area contributed by atoms with E-state index in [0.29, 0.717) is 74.9 Å². The maximum atomic E-state index is 14.0. The van der Waals surface area contributed by atoms with Gasteiger partial charge in [-0.05, 0) is 54.9 Å². The third-order valence-electron chi connectivity index (χ3n) is 6.87. The number of aromatic nitrogens is 1. The van der Waals surface area contributed by atoms with Crippen molar-refractivity contribution in [3.8, 4) is 6.07 Å². The number of nitriles is 1. The van der Waals surface area contributed by atoms with Crippen LogP contribution in [-0.2, 0) is 9.53 Å². The van der Waals surface area contributed by atoms with E-state index in [1.165, 1.54) is 24.3 Å². The standard InChI is InChI=1S/C26H24F5N5O3S/c27-20-11-16(12-21(28)19(20)14-32)34-5-3-17(4-6-34)38-15-24(37)35-7-9-36(10-8-35)25-33-22-13-18(40-26(29,30)31)1-2-23(22)39-25/h1-2,11-13,17H,3-10,15H2. The maximum absolute atomic E-state index is 14.0. The van der Waals surface area contributed by atoms with Crippen LogP contribution < -0.4 is 9.80 Å². The zero-order chi connectivity index (χ0) is 28.4. The van der Waals surface area contributed by atoms with Gasteiger partial charge in [0, 0.05) is 49.9 Å². The molecule has 5 rings (SSSR count). The molecule has 2 aliphatic heterocycles. The van der Waals surface area contributed by atoms with Gasteiger partial charge in [-0.3, -0.25) is 4.79 Å². The molecule has 1 aromatic heterocycles. The van der Waals surface area contributed by atoms with Crippen LogP contribution in [0.1, 0.15) is 18.4 Å². The number of piperidine rings is 1. The Kier molecular flexibility index (Phi) is 8.04. The molecule has 3 aromatic rings. The summed E-state index contributed by atoms with van der Waals surface area (Å²) in [5.74, 6) is -1.96. The Morgan fingerprint density at radius 3 is 2.35 bits per heavy atom. The van der Waals surface area contributed by atoms with E-state index in [1.54, 1.807) is 4.90 Å². The number of ether oxygens (including phenoxy) is 1. The number of carbonyl (C=O) groups excluding carboxylic acids is 1. The van der Waals surface area contributed by atoms with Gasteiger partial charge in [0.15, 0.2) is 5.58 Å². The monoisotopic (exact) mass is 581 g/mol. The lowest BCUT2D eigenvalue weighted by atomic mass is 10.1. The summed E-state index contributed by atoms with van der Waals surface area (Å²) in [7, 11) is 0. The fourth-order valence-corrected chi connectivity index (χ4v) is 5.36. The summed E-state index contributed by atoms with van der Waals surface area (Å²) in [4.78, 5) is 22.4. The van der Waals surface area contributed by atoms with Gasteiger partial charge in [-0.2, -0.15) is 23.4 Å². The predicted molar refractivity (Wildman–Crippen MR) is 137 cm³/mol. The second-order valence-corrected chi connectivity index (χ2v) is 10.6. The van der Waals surface area contributed by atoms with E-state index in [9.17, 15) is 26.7 Å². The number of oxazole rings is 1. The number of hydrogen-bond donors (Lipinski definition) is 0. The summed E-state index contributed by atoms with van der Waals surface area (Å²) in [5, 5.41) is 8.83.